The highest BCUT2D eigenvalue weighted by molar-refractivity contribution is 7.92. The van der Waals surface area contributed by atoms with Crippen molar-refractivity contribution in [2.24, 2.45) is 0 Å². The topological polar surface area (TPSA) is 84.3 Å². The summed E-state index contributed by atoms with van der Waals surface area (Å²) in [5, 5.41) is -0.364. The normalized spacial score (nSPS) is 15.0. The third-order valence-electron chi connectivity index (χ3n) is 2.83. The number of hydrogen-bond donors (Lipinski definition) is 1. The molecule has 1 N–H and O–H groups in total. The zero-order chi connectivity index (χ0) is 15.4. The fraction of sp³-hybridized carbons (Fsp3) is 0.538. The molecule has 20 heavy (non-hydrogen) atoms. The summed E-state index contributed by atoms with van der Waals surface area (Å²) in [5.41, 5.74) is 0. The largest absolute Gasteiger partial charge is 0.494 e. The Morgan fingerprint density at radius 2 is 1.70 bits per heavy atom. The van der Waals surface area contributed by atoms with Crippen molar-refractivity contribution in [3.63, 3.8) is 0 Å². The highest BCUT2D eigenvalue weighted by Gasteiger charge is 2.15. The van der Waals surface area contributed by atoms with Gasteiger partial charge in [-0.3, -0.25) is 0 Å². The molecular formula is C13H21NO4S2. The first-order valence-corrected chi connectivity index (χ1v) is 9.99. The molecule has 7 heteroatoms. The Labute approximate surface area is 121 Å². The van der Waals surface area contributed by atoms with Gasteiger partial charge in [0.2, 0.25) is 0 Å². The molecule has 0 fully saturated rings. The second-order valence-electron chi connectivity index (χ2n) is 4.93. The minimum absolute atomic E-state index is 0.109. The molecule has 1 atom stereocenters. The molecule has 0 saturated carbocycles. The van der Waals surface area contributed by atoms with E-state index in [2.05, 4.69) is 0 Å². The number of ether oxygens (including phenoxy) is 1. The van der Waals surface area contributed by atoms with Gasteiger partial charge in [-0.15, -0.1) is 0 Å². The van der Waals surface area contributed by atoms with Gasteiger partial charge in [0, 0.05) is 11.2 Å². The van der Waals surface area contributed by atoms with E-state index in [0.717, 1.165) is 0 Å². The van der Waals surface area contributed by atoms with Gasteiger partial charge < -0.3 is 4.74 Å². The number of sulfone groups is 1. The molecule has 0 heterocycles. The van der Waals surface area contributed by atoms with Gasteiger partial charge in [0.15, 0.2) is 9.84 Å². The molecule has 0 aliphatic carbocycles. The van der Waals surface area contributed by atoms with Crippen LogP contribution < -0.4 is 4.74 Å². The summed E-state index contributed by atoms with van der Waals surface area (Å²) in [6.07, 6.45) is 1.80. The summed E-state index contributed by atoms with van der Waals surface area (Å²) < 4.78 is 47.5. The monoisotopic (exact) mass is 319 g/mol. The average molecular weight is 319 g/mol. The highest BCUT2D eigenvalue weighted by atomic mass is 32.2. The van der Waals surface area contributed by atoms with E-state index in [1.54, 1.807) is 38.1 Å². The quantitative estimate of drug-likeness (QED) is 0.782. The lowest BCUT2D eigenvalue weighted by Gasteiger charge is -2.09. The van der Waals surface area contributed by atoms with Crippen LogP contribution in [0, 0.1) is 4.78 Å². The zero-order valence-corrected chi connectivity index (χ0v) is 13.6. The number of nitrogens with one attached hydrogen (secondary N) is 1. The third-order valence-corrected chi connectivity index (χ3v) is 6.30. The van der Waals surface area contributed by atoms with E-state index in [4.69, 9.17) is 9.52 Å². The Balaban J connectivity index is 2.48. The molecule has 0 aromatic heterocycles. The number of rotatable bonds is 7. The molecular weight excluding hydrogens is 298 g/mol. The molecule has 1 rings (SSSR count). The lowest BCUT2D eigenvalue weighted by atomic mass is 10.3. The summed E-state index contributed by atoms with van der Waals surface area (Å²) in [7, 11) is -5.73. The highest BCUT2D eigenvalue weighted by Crippen LogP contribution is 2.16. The van der Waals surface area contributed by atoms with E-state index < -0.39 is 19.6 Å². The lowest BCUT2D eigenvalue weighted by Crippen LogP contribution is -2.19. The van der Waals surface area contributed by atoms with Crippen molar-refractivity contribution >= 4 is 19.6 Å². The summed E-state index contributed by atoms with van der Waals surface area (Å²) in [5.74, 6) is 0.692. The van der Waals surface area contributed by atoms with Gasteiger partial charge in [0.05, 0.1) is 27.3 Å². The molecule has 0 aliphatic rings. The minimum Gasteiger partial charge on any atom is -0.494 e. The molecule has 0 aliphatic heterocycles. The van der Waals surface area contributed by atoms with Crippen molar-refractivity contribution in [1.29, 1.82) is 4.78 Å². The van der Waals surface area contributed by atoms with Crippen LogP contribution in [0.3, 0.4) is 0 Å². The average Bonchev–Trinajstić information content (AvgIpc) is 2.34. The molecule has 1 aromatic carbocycles. The van der Waals surface area contributed by atoms with Crippen LogP contribution in [0.4, 0.5) is 0 Å². The zero-order valence-electron chi connectivity index (χ0n) is 12.0. The standard InChI is InChI=1S/C13H21NO4S2/c1-11(2)20(16,17)10-4-9-18-12-5-7-13(8-6-12)19(3,14)15/h5-8,11,14H,4,9-10H2,1-3H3. The van der Waals surface area contributed by atoms with E-state index in [-0.39, 0.29) is 11.0 Å². The van der Waals surface area contributed by atoms with Crippen LogP contribution in [-0.2, 0) is 19.6 Å². The van der Waals surface area contributed by atoms with Crippen molar-refractivity contribution in [3.05, 3.63) is 24.3 Å². The molecule has 0 saturated heterocycles. The Kier molecular flexibility index (Phi) is 5.59. The molecule has 0 amide bonds. The first-order chi connectivity index (χ1) is 9.13. The fourth-order valence-corrected chi connectivity index (χ4v) is 3.13. The van der Waals surface area contributed by atoms with E-state index in [1.165, 1.54) is 6.26 Å². The van der Waals surface area contributed by atoms with Crippen molar-refractivity contribution in [2.45, 2.75) is 30.4 Å². The molecule has 0 spiro atoms. The molecule has 0 radical (unpaired) electrons. The first kappa shape index (κ1) is 17.0. The van der Waals surface area contributed by atoms with Crippen molar-refractivity contribution in [3.8, 4) is 5.75 Å². The van der Waals surface area contributed by atoms with E-state index in [9.17, 15) is 12.6 Å². The van der Waals surface area contributed by atoms with Gasteiger partial charge in [-0.2, -0.15) is 0 Å². The number of benzene rings is 1. The van der Waals surface area contributed by atoms with E-state index in [0.29, 0.717) is 23.7 Å². The van der Waals surface area contributed by atoms with Crippen LogP contribution in [0.1, 0.15) is 20.3 Å². The summed E-state index contributed by atoms with van der Waals surface area (Å²) in [4.78, 5) is 0.451. The Morgan fingerprint density at radius 1 is 1.15 bits per heavy atom. The lowest BCUT2D eigenvalue weighted by molar-refractivity contribution is 0.317. The first-order valence-electron chi connectivity index (χ1n) is 6.31. The predicted molar refractivity (Wildman–Crippen MR) is 80.5 cm³/mol. The number of hydrogen-bond acceptors (Lipinski definition) is 5. The van der Waals surface area contributed by atoms with Crippen LogP contribution in [0.5, 0.6) is 5.75 Å². The van der Waals surface area contributed by atoms with Crippen molar-refractivity contribution < 1.29 is 17.4 Å². The van der Waals surface area contributed by atoms with Gasteiger partial charge in [-0.25, -0.2) is 17.4 Å². The molecule has 1 aromatic rings. The van der Waals surface area contributed by atoms with Gasteiger partial charge in [-0.05, 0) is 44.5 Å². The van der Waals surface area contributed by atoms with Gasteiger partial charge in [0.1, 0.15) is 5.75 Å². The predicted octanol–water partition coefficient (Wildman–Crippen LogP) is 2.31. The van der Waals surface area contributed by atoms with Crippen molar-refractivity contribution in [2.75, 3.05) is 18.6 Å². The van der Waals surface area contributed by atoms with E-state index >= 15 is 0 Å². The van der Waals surface area contributed by atoms with Gasteiger partial charge >= 0.3 is 0 Å². The van der Waals surface area contributed by atoms with Crippen LogP contribution in [0.2, 0.25) is 0 Å². The summed E-state index contributed by atoms with van der Waals surface area (Å²) in [6.45, 7) is 3.64. The fourth-order valence-electron chi connectivity index (χ4n) is 1.48. The van der Waals surface area contributed by atoms with Crippen LogP contribution >= 0.6 is 0 Å². The second kappa shape index (κ2) is 6.58. The second-order valence-corrected chi connectivity index (χ2v) is 9.77. The maximum Gasteiger partial charge on any atom is 0.152 e. The SMILES string of the molecule is CC(C)S(=O)(=O)CCCOc1ccc(S(C)(=N)=O)cc1. The molecule has 1 unspecified atom stereocenters. The molecule has 114 valence electrons. The Hall–Kier alpha value is -1.08. The molecule has 5 nitrogen and oxygen atoms in total. The van der Waals surface area contributed by atoms with Crippen LogP contribution in [0.25, 0.3) is 0 Å². The Morgan fingerprint density at radius 3 is 2.15 bits per heavy atom. The smallest absolute Gasteiger partial charge is 0.152 e. The van der Waals surface area contributed by atoms with Crippen molar-refractivity contribution in [1.82, 2.24) is 0 Å². The van der Waals surface area contributed by atoms with Gasteiger partial charge in [0.25, 0.3) is 0 Å². The van der Waals surface area contributed by atoms with Crippen LogP contribution in [0.15, 0.2) is 29.2 Å². The summed E-state index contributed by atoms with van der Waals surface area (Å²) in [6, 6.07) is 6.47. The third kappa shape index (κ3) is 5.13. The maximum atomic E-state index is 11.6. The minimum atomic E-state index is -3.02. The Bertz CT molecular complexity index is 631. The van der Waals surface area contributed by atoms with Gasteiger partial charge in [-0.1, -0.05) is 0 Å². The maximum absolute atomic E-state index is 11.6. The van der Waals surface area contributed by atoms with E-state index in [1.807, 2.05) is 0 Å². The molecule has 0 bridgehead atoms. The van der Waals surface area contributed by atoms with Crippen LogP contribution in [-0.4, -0.2) is 36.5 Å². The summed E-state index contributed by atoms with van der Waals surface area (Å²) >= 11 is 0.